The molecule has 0 aliphatic carbocycles. The number of nitrogens with zero attached hydrogens (tertiary/aromatic N) is 4. The lowest BCUT2D eigenvalue weighted by atomic mass is 10.1. The van der Waals surface area contributed by atoms with Gasteiger partial charge in [0.2, 0.25) is 0 Å². The summed E-state index contributed by atoms with van der Waals surface area (Å²) < 4.78 is 1.93. The molecule has 0 bridgehead atoms. The Bertz CT molecular complexity index is 745. The first-order valence-corrected chi connectivity index (χ1v) is 7.25. The molecule has 1 aromatic carbocycles. The second-order valence-corrected chi connectivity index (χ2v) is 5.15. The molecule has 2 aromatic heterocycles. The Kier molecular flexibility index (Phi) is 3.90. The summed E-state index contributed by atoms with van der Waals surface area (Å²) in [7, 11) is 0. The van der Waals surface area contributed by atoms with Gasteiger partial charge in [0, 0.05) is 6.54 Å². The standard InChI is InChI=1S/C15H12Cl2N4/c1-2-21-9-18-8-11(21)15-19-13(16)12(14(17)20-15)10-6-4-3-5-7-10/h3-9H,2H2,1H3. The van der Waals surface area contributed by atoms with E-state index in [0.717, 1.165) is 17.8 Å². The molecule has 0 N–H and O–H groups in total. The van der Waals surface area contributed by atoms with E-state index in [9.17, 15) is 0 Å². The van der Waals surface area contributed by atoms with E-state index >= 15 is 0 Å². The minimum absolute atomic E-state index is 0.333. The van der Waals surface area contributed by atoms with Gasteiger partial charge in [-0.1, -0.05) is 53.5 Å². The third kappa shape index (κ3) is 2.64. The summed E-state index contributed by atoms with van der Waals surface area (Å²) in [5, 5.41) is 0.667. The second-order valence-electron chi connectivity index (χ2n) is 4.43. The fourth-order valence-corrected chi connectivity index (χ4v) is 2.73. The van der Waals surface area contributed by atoms with Crippen LogP contribution in [0.25, 0.3) is 22.6 Å². The Morgan fingerprint density at radius 1 is 1.05 bits per heavy atom. The second kappa shape index (κ2) is 5.84. The van der Waals surface area contributed by atoms with Crippen LogP contribution in [0.1, 0.15) is 6.92 Å². The van der Waals surface area contributed by atoms with E-state index in [0.29, 0.717) is 21.7 Å². The number of hydrogen-bond donors (Lipinski definition) is 0. The topological polar surface area (TPSA) is 43.6 Å². The van der Waals surface area contributed by atoms with Crippen molar-refractivity contribution in [1.82, 2.24) is 19.5 Å². The average Bonchev–Trinajstić information content (AvgIpc) is 2.96. The molecule has 3 aromatic rings. The molecule has 0 unspecified atom stereocenters. The van der Waals surface area contributed by atoms with Crippen LogP contribution in [-0.2, 0) is 6.54 Å². The first-order valence-electron chi connectivity index (χ1n) is 6.49. The molecule has 21 heavy (non-hydrogen) atoms. The largest absolute Gasteiger partial charge is 0.328 e. The van der Waals surface area contributed by atoms with Crippen molar-refractivity contribution in [3.05, 3.63) is 53.2 Å². The van der Waals surface area contributed by atoms with Crippen molar-refractivity contribution in [2.75, 3.05) is 0 Å². The van der Waals surface area contributed by atoms with Crippen molar-refractivity contribution in [2.24, 2.45) is 0 Å². The van der Waals surface area contributed by atoms with Crippen LogP contribution in [-0.4, -0.2) is 19.5 Å². The Balaban J connectivity index is 2.13. The van der Waals surface area contributed by atoms with Gasteiger partial charge in [-0.25, -0.2) is 15.0 Å². The molecule has 0 atom stereocenters. The zero-order valence-electron chi connectivity index (χ0n) is 11.3. The third-order valence-electron chi connectivity index (χ3n) is 3.17. The highest BCUT2D eigenvalue weighted by molar-refractivity contribution is 6.37. The average molecular weight is 319 g/mol. The van der Waals surface area contributed by atoms with Gasteiger partial charge in [0.1, 0.15) is 16.0 Å². The summed E-state index contributed by atoms with van der Waals surface area (Å²) in [5.41, 5.74) is 2.33. The Morgan fingerprint density at radius 2 is 1.71 bits per heavy atom. The molecular formula is C15H12Cl2N4. The van der Waals surface area contributed by atoms with E-state index in [2.05, 4.69) is 15.0 Å². The van der Waals surface area contributed by atoms with E-state index in [1.807, 2.05) is 41.8 Å². The van der Waals surface area contributed by atoms with Crippen molar-refractivity contribution >= 4 is 23.2 Å². The van der Waals surface area contributed by atoms with Crippen LogP contribution in [0, 0.1) is 0 Å². The van der Waals surface area contributed by atoms with E-state index in [1.54, 1.807) is 12.5 Å². The molecule has 4 nitrogen and oxygen atoms in total. The molecule has 0 spiro atoms. The van der Waals surface area contributed by atoms with Gasteiger partial charge in [0.15, 0.2) is 5.82 Å². The van der Waals surface area contributed by atoms with Gasteiger partial charge in [-0.15, -0.1) is 0 Å². The predicted molar refractivity (Wildman–Crippen MR) is 84.4 cm³/mol. The summed E-state index contributed by atoms with van der Waals surface area (Å²) >= 11 is 12.6. The molecule has 3 rings (SSSR count). The van der Waals surface area contributed by atoms with Crippen LogP contribution in [0.3, 0.4) is 0 Å². The lowest BCUT2D eigenvalue weighted by Crippen LogP contribution is -2.00. The van der Waals surface area contributed by atoms with Gasteiger partial charge >= 0.3 is 0 Å². The Hall–Kier alpha value is -1.91. The minimum Gasteiger partial charge on any atom is -0.328 e. The third-order valence-corrected chi connectivity index (χ3v) is 3.71. The maximum absolute atomic E-state index is 6.32. The summed E-state index contributed by atoms with van der Waals surface area (Å²) in [6, 6.07) is 9.61. The van der Waals surface area contributed by atoms with Gasteiger partial charge in [-0.2, -0.15) is 0 Å². The minimum atomic E-state index is 0.333. The Morgan fingerprint density at radius 3 is 2.33 bits per heavy atom. The highest BCUT2D eigenvalue weighted by Gasteiger charge is 2.16. The monoisotopic (exact) mass is 318 g/mol. The van der Waals surface area contributed by atoms with E-state index in [4.69, 9.17) is 23.2 Å². The van der Waals surface area contributed by atoms with Crippen molar-refractivity contribution in [2.45, 2.75) is 13.5 Å². The SMILES string of the molecule is CCn1cncc1-c1nc(Cl)c(-c2ccccc2)c(Cl)n1. The smallest absolute Gasteiger partial charge is 0.180 e. The highest BCUT2D eigenvalue weighted by atomic mass is 35.5. The number of aryl methyl sites for hydroxylation is 1. The first-order chi connectivity index (χ1) is 10.2. The number of halogens is 2. The van der Waals surface area contributed by atoms with Gasteiger partial charge in [-0.05, 0) is 12.5 Å². The zero-order chi connectivity index (χ0) is 14.8. The predicted octanol–water partition coefficient (Wildman–Crippen LogP) is 4.33. The van der Waals surface area contributed by atoms with Crippen LogP contribution < -0.4 is 0 Å². The molecule has 2 heterocycles. The van der Waals surface area contributed by atoms with Gasteiger partial charge in [0.05, 0.1) is 18.1 Å². The van der Waals surface area contributed by atoms with Crippen molar-refractivity contribution < 1.29 is 0 Å². The van der Waals surface area contributed by atoms with Crippen LogP contribution in [0.4, 0.5) is 0 Å². The molecule has 0 fully saturated rings. The quantitative estimate of drug-likeness (QED) is 0.675. The van der Waals surface area contributed by atoms with Gasteiger partial charge < -0.3 is 4.57 Å². The Labute approximate surface area is 132 Å². The van der Waals surface area contributed by atoms with Crippen LogP contribution in [0.5, 0.6) is 0 Å². The number of benzene rings is 1. The van der Waals surface area contributed by atoms with Crippen molar-refractivity contribution in [3.63, 3.8) is 0 Å². The maximum atomic E-state index is 6.32. The van der Waals surface area contributed by atoms with Crippen LogP contribution >= 0.6 is 23.2 Å². The molecule has 0 amide bonds. The number of aromatic nitrogens is 4. The summed E-state index contributed by atoms with van der Waals surface area (Å²) in [5.74, 6) is 0.476. The van der Waals surface area contributed by atoms with Crippen molar-refractivity contribution in [1.29, 1.82) is 0 Å². The van der Waals surface area contributed by atoms with Crippen molar-refractivity contribution in [3.8, 4) is 22.6 Å². The van der Waals surface area contributed by atoms with Gasteiger partial charge in [-0.3, -0.25) is 0 Å². The molecule has 0 aliphatic heterocycles. The molecule has 0 saturated heterocycles. The van der Waals surface area contributed by atoms with E-state index in [-0.39, 0.29) is 0 Å². The number of hydrogen-bond acceptors (Lipinski definition) is 3. The fourth-order valence-electron chi connectivity index (χ4n) is 2.12. The summed E-state index contributed by atoms with van der Waals surface area (Å²) in [4.78, 5) is 12.8. The van der Waals surface area contributed by atoms with E-state index in [1.165, 1.54) is 0 Å². The highest BCUT2D eigenvalue weighted by Crippen LogP contribution is 2.33. The first kappa shape index (κ1) is 14.0. The number of imidazole rings is 1. The zero-order valence-corrected chi connectivity index (χ0v) is 12.8. The van der Waals surface area contributed by atoms with Crippen LogP contribution in [0.2, 0.25) is 10.3 Å². The lowest BCUT2D eigenvalue weighted by Gasteiger charge is -2.09. The van der Waals surface area contributed by atoms with Crippen LogP contribution in [0.15, 0.2) is 42.9 Å². The number of rotatable bonds is 3. The summed E-state index contributed by atoms with van der Waals surface area (Å²) in [6.45, 7) is 2.79. The lowest BCUT2D eigenvalue weighted by molar-refractivity contribution is 0.763. The summed E-state index contributed by atoms with van der Waals surface area (Å²) in [6.07, 6.45) is 3.43. The molecule has 0 radical (unpaired) electrons. The molecule has 0 saturated carbocycles. The normalized spacial score (nSPS) is 10.8. The fraction of sp³-hybridized carbons (Fsp3) is 0.133. The molecule has 0 aliphatic rings. The molecule has 106 valence electrons. The molecule has 6 heteroatoms. The van der Waals surface area contributed by atoms with Gasteiger partial charge in [0.25, 0.3) is 0 Å². The molecular weight excluding hydrogens is 307 g/mol. The van der Waals surface area contributed by atoms with E-state index < -0.39 is 0 Å². The maximum Gasteiger partial charge on any atom is 0.180 e.